The Bertz CT molecular complexity index is 788. The lowest BCUT2D eigenvalue weighted by molar-refractivity contribution is -0.780. The predicted octanol–water partition coefficient (Wildman–Crippen LogP) is 3.57. The molecule has 0 saturated carbocycles. The fourth-order valence-electron chi connectivity index (χ4n) is 2.28. The van der Waals surface area contributed by atoms with Crippen LogP contribution in [0.25, 0.3) is 0 Å². The van der Waals surface area contributed by atoms with Crippen molar-refractivity contribution < 1.29 is 27.4 Å². The van der Waals surface area contributed by atoms with Crippen LogP contribution in [0.4, 0.5) is 23.2 Å². The van der Waals surface area contributed by atoms with Gasteiger partial charge < -0.3 is 5.32 Å². The van der Waals surface area contributed by atoms with Crippen LogP contribution in [0, 0.1) is 33.0 Å². The third-order valence-electron chi connectivity index (χ3n) is 3.65. The Balaban J connectivity index is 2.47. The second-order valence-corrected chi connectivity index (χ2v) is 5.36. The van der Waals surface area contributed by atoms with Gasteiger partial charge in [-0.15, -0.1) is 0 Å². The molecule has 11 heteroatoms. The van der Waals surface area contributed by atoms with Gasteiger partial charge in [0.25, 0.3) is 0 Å². The topological polar surface area (TPSA) is 98.3 Å². The molecule has 0 unspecified atom stereocenters. The van der Waals surface area contributed by atoms with Crippen molar-refractivity contribution in [1.82, 2.24) is 0 Å². The summed E-state index contributed by atoms with van der Waals surface area (Å²) >= 11 is 0. The van der Waals surface area contributed by atoms with Crippen molar-refractivity contribution in [3.63, 3.8) is 0 Å². The molecule has 2 rings (SSSR count). The smallest absolute Gasteiger partial charge is 0.355 e. The maximum absolute atomic E-state index is 13.3. The highest BCUT2D eigenvalue weighted by atomic mass is 19.4. The van der Waals surface area contributed by atoms with Gasteiger partial charge in [0, 0.05) is 11.4 Å². The molecule has 1 aromatic rings. The van der Waals surface area contributed by atoms with Crippen molar-refractivity contribution in [3.8, 4) is 0 Å². The van der Waals surface area contributed by atoms with E-state index in [-0.39, 0.29) is 17.3 Å². The highest BCUT2D eigenvalue weighted by Crippen LogP contribution is 2.39. The SMILES string of the molecule is Cc1cc(NC2=CCC([N+](=O)[O-])([N+](=O)[O-])C=C2C(F)(F)F)ccc1F. The van der Waals surface area contributed by atoms with Gasteiger partial charge in [0.1, 0.15) is 22.1 Å². The van der Waals surface area contributed by atoms with Gasteiger partial charge in [-0.05, 0) is 36.8 Å². The van der Waals surface area contributed by atoms with E-state index in [2.05, 4.69) is 5.32 Å². The van der Waals surface area contributed by atoms with E-state index in [9.17, 15) is 37.8 Å². The number of nitrogens with zero attached hydrogens (tertiary/aromatic N) is 2. The largest absolute Gasteiger partial charge is 0.482 e. The maximum atomic E-state index is 13.3. The van der Waals surface area contributed by atoms with Gasteiger partial charge in [-0.1, -0.05) is 0 Å². The molecule has 0 amide bonds. The minimum absolute atomic E-state index is 0.00822. The number of alkyl halides is 3. The van der Waals surface area contributed by atoms with E-state index in [4.69, 9.17) is 0 Å². The van der Waals surface area contributed by atoms with E-state index in [0.717, 1.165) is 12.1 Å². The number of halogens is 4. The summed E-state index contributed by atoms with van der Waals surface area (Å²) in [5.41, 5.74) is -4.92. The first-order chi connectivity index (χ1) is 11.5. The number of rotatable bonds is 4. The minimum atomic E-state index is -5.06. The first kappa shape index (κ1) is 18.4. The predicted molar refractivity (Wildman–Crippen MR) is 78.3 cm³/mol. The fraction of sp³-hybridized carbons (Fsp3) is 0.286. The van der Waals surface area contributed by atoms with Gasteiger partial charge in [0.05, 0.1) is 11.6 Å². The van der Waals surface area contributed by atoms with E-state index in [1.54, 1.807) is 0 Å². The number of nitro groups is 2. The molecule has 1 aliphatic carbocycles. The second-order valence-electron chi connectivity index (χ2n) is 5.36. The third-order valence-corrected chi connectivity index (χ3v) is 3.65. The Labute approximate surface area is 137 Å². The van der Waals surface area contributed by atoms with Crippen LogP contribution >= 0.6 is 0 Å². The Kier molecular flexibility index (Phi) is 4.51. The van der Waals surface area contributed by atoms with Crippen molar-refractivity contribution in [2.45, 2.75) is 25.2 Å². The molecule has 0 radical (unpaired) electrons. The van der Waals surface area contributed by atoms with Crippen LogP contribution in [-0.4, -0.2) is 21.7 Å². The molecule has 0 saturated heterocycles. The van der Waals surface area contributed by atoms with Crippen LogP contribution in [0.3, 0.4) is 0 Å². The first-order valence-electron chi connectivity index (χ1n) is 6.80. The number of hydrogen-bond acceptors (Lipinski definition) is 5. The summed E-state index contributed by atoms with van der Waals surface area (Å²) in [6.45, 7) is 1.40. The molecule has 0 bridgehead atoms. The third kappa shape index (κ3) is 3.44. The summed E-state index contributed by atoms with van der Waals surface area (Å²) in [4.78, 5) is 19.3. The molecule has 0 fully saturated rings. The lowest BCUT2D eigenvalue weighted by Gasteiger charge is -2.24. The molecule has 0 heterocycles. The Morgan fingerprint density at radius 3 is 2.28 bits per heavy atom. The van der Waals surface area contributed by atoms with Gasteiger partial charge in [-0.2, -0.15) is 13.2 Å². The summed E-state index contributed by atoms with van der Waals surface area (Å²) in [5, 5.41) is 24.4. The lowest BCUT2D eigenvalue weighted by atomic mass is 9.94. The van der Waals surface area contributed by atoms with Gasteiger partial charge in [0.15, 0.2) is 0 Å². The number of aryl methyl sites for hydroxylation is 1. The second kappa shape index (κ2) is 6.15. The van der Waals surface area contributed by atoms with Gasteiger partial charge in [-0.3, -0.25) is 20.2 Å². The number of nitrogens with one attached hydrogen (secondary N) is 1. The van der Waals surface area contributed by atoms with E-state index < -0.39 is 45.2 Å². The van der Waals surface area contributed by atoms with Crippen LogP contribution in [0.1, 0.15) is 12.0 Å². The molecule has 1 N–H and O–H groups in total. The summed E-state index contributed by atoms with van der Waals surface area (Å²) < 4.78 is 53.0. The zero-order valence-corrected chi connectivity index (χ0v) is 12.6. The molecule has 25 heavy (non-hydrogen) atoms. The number of hydrogen-bond donors (Lipinski definition) is 1. The monoisotopic (exact) mass is 361 g/mol. The average Bonchev–Trinajstić information content (AvgIpc) is 2.50. The first-order valence-corrected chi connectivity index (χ1v) is 6.80. The number of anilines is 1. The fourth-order valence-corrected chi connectivity index (χ4v) is 2.28. The van der Waals surface area contributed by atoms with E-state index in [1.807, 2.05) is 0 Å². The molecule has 0 aliphatic heterocycles. The molecular formula is C14H11F4N3O4. The maximum Gasteiger partial charge on any atom is 0.482 e. The molecule has 1 aromatic carbocycles. The van der Waals surface area contributed by atoms with Crippen LogP contribution in [0.15, 0.2) is 41.6 Å². The normalized spacial score (nSPS) is 16.7. The molecule has 0 spiro atoms. The average molecular weight is 361 g/mol. The van der Waals surface area contributed by atoms with E-state index in [1.165, 1.54) is 19.1 Å². The Hall–Kier alpha value is -2.98. The van der Waals surface area contributed by atoms with Crippen molar-refractivity contribution in [3.05, 3.63) is 73.2 Å². The summed E-state index contributed by atoms with van der Waals surface area (Å²) in [5.74, 6) is -0.560. The van der Waals surface area contributed by atoms with E-state index in [0.29, 0.717) is 0 Å². The zero-order valence-electron chi connectivity index (χ0n) is 12.6. The molecule has 0 atom stereocenters. The zero-order chi connectivity index (χ0) is 19.0. The van der Waals surface area contributed by atoms with Crippen molar-refractivity contribution in [1.29, 1.82) is 0 Å². The van der Waals surface area contributed by atoms with Crippen molar-refractivity contribution in [2.24, 2.45) is 0 Å². The molecule has 134 valence electrons. The van der Waals surface area contributed by atoms with Crippen LogP contribution in [0.5, 0.6) is 0 Å². The molecule has 7 nitrogen and oxygen atoms in total. The van der Waals surface area contributed by atoms with E-state index >= 15 is 0 Å². The quantitative estimate of drug-likeness (QED) is 0.383. The van der Waals surface area contributed by atoms with Crippen molar-refractivity contribution in [2.75, 3.05) is 5.32 Å². The Morgan fingerprint density at radius 1 is 1.20 bits per heavy atom. The summed E-state index contributed by atoms with van der Waals surface area (Å²) in [7, 11) is 0. The summed E-state index contributed by atoms with van der Waals surface area (Å²) in [6, 6.07) is 3.46. The number of benzene rings is 1. The Morgan fingerprint density at radius 2 is 1.80 bits per heavy atom. The van der Waals surface area contributed by atoms with Crippen LogP contribution in [0.2, 0.25) is 0 Å². The number of allylic oxidation sites excluding steroid dienone is 1. The van der Waals surface area contributed by atoms with Gasteiger partial charge in [-0.25, -0.2) is 4.39 Å². The molecule has 1 aliphatic rings. The molecular weight excluding hydrogens is 350 g/mol. The van der Waals surface area contributed by atoms with Crippen LogP contribution < -0.4 is 5.32 Å². The standard InChI is InChI=1S/C14H11F4N3O4/c1-8-6-9(2-3-11(8)15)19-12-4-5-13(20(22)23,21(24)25)7-10(12)14(16,17)18/h2-4,6-7,19H,5H2,1H3. The van der Waals surface area contributed by atoms with Crippen molar-refractivity contribution >= 4 is 5.69 Å². The minimum Gasteiger partial charge on any atom is -0.355 e. The van der Waals surface area contributed by atoms with Crippen LogP contribution in [-0.2, 0) is 0 Å². The lowest BCUT2D eigenvalue weighted by Crippen LogP contribution is -2.46. The summed E-state index contributed by atoms with van der Waals surface area (Å²) in [6.07, 6.45) is -5.19. The highest BCUT2D eigenvalue weighted by molar-refractivity contribution is 5.57. The molecule has 0 aromatic heterocycles. The van der Waals surface area contributed by atoms with Gasteiger partial charge >= 0.3 is 11.8 Å². The highest BCUT2D eigenvalue weighted by Gasteiger charge is 2.58. The van der Waals surface area contributed by atoms with Gasteiger partial charge in [0.2, 0.25) is 0 Å².